The Morgan fingerprint density at radius 1 is 1.31 bits per heavy atom. The summed E-state index contributed by atoms with van der Waals surface area (Å²) >= 11 is 3.41. The van der Waals surface area contributed by atoms with Crippen LogP contribution in [0.1, 0.15) is 0 Å². The predicted molar refractivity (Wildman–Crippen MR) is 70.4 cm³/mol. The van der Waals surface area contributed by atoms with Gasteiger partial charge in [0.1, 0.15) is 23.8 Å². The van der Waals surface area contributed by atoms with Crippen LogP contribution in [0.5, 0.6) is 0 Å². The lowest BCUT2D eigenvalue weighted by molar-refractivity contribution is 0.446. The Kier molecular flexibility index (Phi) is 2.99. The maximum atomic E-state index is 5.40. The van der Waals surface area contributed by atoms with Crippen LogP contribution in [-0.4, -0.2) is 18.2 Å². The molecular formula is C11H13BrN2OSi. The zero-order valence-electron chi connectivity index (χ0n) is 9.49. The van der Waals surface area contributed by atoms with Gasteiger partial charge in [-0.05, 0) is 28.1 Å². The van der Waals surface area contributed by atoms with E-state index >= 15 is 0 Å². The summed E-state index contributed by atoms with van der Waals surface area (Å²) in [6.07, 6.45) is 1.74. The van der Waals surface area contributed by atoms with Gasteiger partial charge in [0.25, 0.3) is 0 Å². The van der Waals surface area contributed by atoms with Crippen molar-refractivity contribution in [2.24, 2.45) is 0 Å². The van der Waals surface area contributed by atoms with Gasteiger partial charge in [0.05, 0.1) is 0 Å². The number of aromatic nitrogens is 2. The van der Waals surface area contributed by atoms with E-state index in [1.807, 2.05) is 18.2 Å². The third-order valence-corrected chi connectivity index (χ3v) is 4.63. The van der Waals surface area contributed by atoms with E-state index < -0.39 is 8.07 Å². The molecule has 0 radical (unpaired) electrons. The molecule has 2 rings (SSSR count). The first-order chi connectivity index (χ1) is 7.48. The highest BCUT2D eigenvalue weighted by Gasteiger charge is 2.23. The van der Waals surface area contributed by atoms with Crippen molar-refractivity contribution in [1.29, 1.82) is 0 Å². The number of rotatable bonds is 2. The monoisotopic (exact) mass is 296 g/mol. The van der Waals surface area contributed by atoms with E-state index in [0.717, 1.165) is 21.2 Å². The van der Waals surface area contributed by atoms with Crippen LogP contribution >= 0.6 is 15.9 Å². The first-order valence-corrected chi connectivity index (χ1v) is 9.36. The second-order valence-corrected chi connectivity index (χ2v) is 10.4. The fourth-order valence-corrected chi connectivity index (χ4v) is 2.68. The molecule has 0 aliphatic carbocycles. The summed E-state index contributed by atoms with van der Waals surface area (Å²) < 4.78 is 6.20. The van der Waals surface area contributed by atoms with Gasteiger partial charge in [0, 0.05) is 17.8 Å². The minimum absolute atomic E-state index is 0.797. The van der Waals surface area contributed by atoms with E-state index in [1.54, 1.807) is 6.20 Å². The van der Waals surface area contributed by atoms with E-state index in [1.165, 1.54) is 0 Å². The normalized spacial score (nSPS) is 11.8. The first kappa shape index (κ1) is 11.5. The van der Waals surface area contributed by atoms with E-state index in [0.29, 0.717) is 0 Å². The fraction of sp³-hybridized carbons (Fsp3) is 0.273. The molecule has 0 aromatic carbocycles. The van der Waals surface area contributed by atoms with Gasteiger partial charge >= 0.3 is 0 Å². The molecule has 0 saturated heterocycles. The molecule has 5 heteroatoms. The standard InChI is InChI=1S/C11H13BrN2OSi/c1-16(2,3)10-7-9(14-15-10)8-5-4-6-13-11(8)12/h4-7H,1-3H3. The van der Waals surface area contributed by atoms with Crippen LogP contribution in [0.15, 0.2) is 33.5 Å². The summed E-state index contributed by atoms with van der Waals surface area (Å²) in [6.45, 7) is 6.70. The SMILES string of the molecule is C[Si](C)(C)c1cc(-c2cccnc2Br)no1. The van der Waals surface area contributed by atoms with Crippen molar-refractivity contribution in [3.63, 3.8) is 0 Å². The lowest BCUT2D eigenvalue weighted by Crippen LogP contribution is -2.36. The molecule has 16 heavy (non-hydrogen) atoms. The van der Waals surface area contributed by atoms with Gasteiger partial charge in [-0.2, -0.15) is 0 Å². The van der Waals surface area contributed by atoms with Crippen LogP contribution in [0.4, 0.5) is 0 Å². The van der Waals surface area contributed by atoms with Crippen molar-refractivity contribution >= 4 is 29.4 Å². The molecule has 3 nitrogen and oxygen atoms in total. The van der Waals surface area contributed by atoms with Crippen LogP contribution < -0.4 is 5.38 Å². The lowest BCUT2D eigenvalue weighted by Gasteiger charge is -2.08. The molecule has 2 aromatic rings. The molecule has 0 saturated carbocycles. The zero-order valence-corrected chi connectivity index (χ0v) is 12.1. The molecule has 0 aliphatic heterocycles. The highest BCUT2D eigenvalue weighted by Crippen LogP contribution is 2.24. The molecule has 0 fully saturated rings. The van der Waals surface area contributed by atoms with Gasteiger partial charge in [-0.1, -0.05) is 24.8 Å². The summed E-state index contributed by atoms with van der Waals surface area (Å²) in [5.74, 6) is 0. The van der Waals surface area contributed by atoms with Gasteiger partial charge < -0.3 is 4.52 Å². The van der Waals surface area contributed by atoms with Crippen molar-refractivity contribution in [2.45, 2.75) is 19.6 Å². The van der Waals surface area contributed by atoms with E-state index in [4.69, 9.17) is 4.52 Å². The van der Waals surface area contributed by atoms with Crippen molar-refractivity contribution in [1.82, 2.24) is 10.1 Å². The predicted octanol–water partition coefficient (Wildman–Crippen LogP) is 3.04. The molecular weight excluding hydrogens is 284 g/mol. The summed E-state index contributed by atoms with van der Waals surface area (Å²) in [5, 5.41) is 5.12. The maximum Gasteiger partial charge on any atom is 0.127 e. The Bertz CT molecular complexity index is 505. The molecule has 0 unspecified atom stereocenters. The van der Waals surface area contributed by atoms with Gasteiger partial charge in [0.15, 0.2) is 0 Å². The van der Waals surface area contributed by atoms with Crippen molar-refractivity contribution in [3.8, 4) is 11.3 Å². The Labute approximate surface area is 104 Å². The second-order valence-electron chi connectivity index (χ2n) is 4.67. The summed E-state index contributed by atoms with van der Waals surface area (Å²) in [4.78, 5) is 4.17. The number of hydrogen-bond donors (Lipinski definition) is 0. The molecule has 0 atom stereocenters. The Morgan fingerprint density at radius 3 is 2.62 bits per heavy atom. The molecule has 2 aromatic heterocycles. The van der Waals surface area contributed by atoms with Crippen LogP contribution in [0, 0.1) is 0 Å². The van der Waals surface area contributed by atoms with Crippen LogP contribution in [-0.2, 0) is 0 Å². The van der Waals surface area contributed by atoms with Gasteiger partial charge in [-0.3, -0.25) is 0 Å². The fourth-order valence-electron chi connectivity index (χ4n) is 1.33. The molecule has 0 aliphatic rings. The van der Waals surface area contributed by atoms with Crippen molar-refractivity contribution in [2.75, 3.05) is 0 Å². The van der Waals surface area contributed by atoms with Crippen LogP contribution in [0.3, 0.4) is 0 Å². The highest BCUT2D eigenvalue weighted by molar-refractivity contribution is 9.10. The molecule has 0 bridgehead atoms. The summed E-state index contributed by atoms with van der Waals surface area (Å²) in [6, 6.07) is 5.89. The number of pyridine rings is 1. The largest absolute Gasteiger partial charge is 0.366 e. The topological polar surface area (TPSA) is 38.9 Å². The highest BCUT2D eigenvalue weighted by atomic mass is 79.9. The average molecular weight is 297 g/mol. The molecule has 0 spiro atoms. The minimum atomic E-state index is -1.43. The number of halogens is 1. The van der Waals surface area contributed by atoms with Crippen LogP contribution in [0.2, 0.25) is 19.6 Å². The molecule has 0 amide bonds. The Balaban J connectivity index is 2.44. The molecule has 0 N–H and O–H groups in total. The zero-order chi connectivity index (χ0) is 11.8. The van der Waals surface area contributed by atoms with Crippen LogP contribution in [0.25, 0.3) is 11.3 Å². The second kappa shape index (κ2) is 4.14. The summed E-state index contributed by atoms with van der Waals surface area (Å²) in [5.41, 5.74) is 1.81. The average Bonchev–Trinajstić information content (AvgIpc) is 2.66. The lowest BCUT2D eigenvalue weighted by atomic mass is 10.2. The van der Waals surface area contributed by atoms with Gasteiger partial charge in [0.2, 0.25) is 0 Å². The minimum Gasteiger partial charge on any atom is -0.366 e. The van der Waals surface area contributed by atoms with E-state index in [9.17, 15) is 0 Å². The van der Waals surface area contributed by atoms with Gasteiger partial charge in [-0.25, -0.2) is 4.98 Å². The number of hydrogen-bond acceptors (Lipinski definition) is 3. The van der Waals surface area contributed by atoms with Gasteiger partial charge in [-0.15, -0.1) is 0 Å². The molecule has 84 valence electrons. The third kappa shape index (κ3) is 2.25. The number of nitrogens with zero attached hydrogens (tertiary/aromatic N) is 2. The quantitative estimate of drug-likeness (QED) is 0.632. The van der Waals surface area contributed by atoms with E-state index in [2.05, 4.69) is 45.7 Å². The maximum absolute atomic E-state index is 5.40. The first-order valence-electron chi connectivity index (χ1n) is 5.06. The Morgan fingerprint density at radius 2 is 2.06 bits per heavy atom. The summed E-state index contributed by atoms with van der Waals surface area (Å²) in [7, 11) is -1.43. The smallest absolute Gasteiger partial charge is 0.127 e. The van der Waals surface area contributed by atoms with Crippen molar-refractivity contribution < 1.29 is 4.52 Å². The molecule has 2 heterocycles. The third-order valence-electron chi connectivity index (χ3n) is 2.28. The Hall–Kier alpha value is -0.943. The van der Waals surface area contributed by atoms with Crippen molar-refractivity contribution in [3.05, 3.63) is 29.0 Å². The van der Waals surface area contributed by atoms with E-state index in [-0.39, 0.29) is 0 Å².